The molecule has 2 aliphatic heterocycles. The highest BCUT2D eigenvalue weighted by molar-refractivity contribution is 5.03. The van der Waals surface area contributed by atoms with E-state index in [4.69, 9.17) is 14.9 Å². The maximum Gasteiger partial charge on any atom is 0.105 e. The third kappa shape index (κ3) is 1.70. The molecular weight excluding hydrogens is 190 g/mol. The SMILES string of the molecule is NC(Cc1ccco1)C1CC2CCC1O2. The molecular formula is C12H17NO2. The van der Waals surface area contributed by atoms with Gasteiger partial charge in [-0.1, -0.05) is 0 Å². The van der Waals surface area contributed by atoms with Gasteiger partial charge in [0.25, 0.3) is 0 Å². The second kappa shape index (κ2) is 3.65. The highest BCUT2D eigenvalue weighted by atomic mass is 16.5. The minimum absolute atomic E-state index is 0.187. The Hall–Kier alpha value is -0.800. The van der Waals surface area contributed by atoms with E-state index in [0.717, 1.165) is 18.6 Å². The van der Waals surface area contributed by atoms with Gasteiger partial charge in [0.15, 0.2) is 0 Å². The third-order valence-electron chi connectivity index (χ3n) is 3.72. The Morgan fingerprint density at radius 3 is 3.00 bits per heavy atom. The first kappa shape index (κ1) is 9.43. The Balaban J connectivity index is 1.63. The first-order valence-corrected chi connectivity index (χ1v) is 5.76. The van der Waals surface area contributed by atoms with Crippen LogP contribution in [0.2, 0.25) is 0 Å². The average molecular weight is 207 g/mol. The van der Waals surface area contributed by atoms with Crippen LogP contribution < -0.4 is 5.73 Å². The molecule has 2 N–H and O–H groups in total. The quantitative estimate of drug-likeness (QED) is 0.821. The lowest BCUT2D eigenvalue weighted by Crippen LogP contribution is -2.37. The van der Waals surface area contributed by atoms with Gasteiger partial charge in [0.1, 0.15) is 5.76 Å². The van der Waals surface area contributed by atoms with E-state index in [-0.39, 0.29) is 6.04 Å². The van der Waals surface area contributed by atoms with Gasteiger partial charge in [-0.2, -0.15) is 0 Å². The van der Waals surface area contributed by atoms with Crippen molar-refractivity contribution in [1.82, 2.24) is 0 Å². The lowest BCUT2D eigenvalue weighted by atomic mass is 9.83. The monoisotopic (exact) mass is 207 g/mol. The van der Waals surface area contributed by atoms with Gasteiger partial charge in [-0.15, -0.1) is 0 Å². The van der Waals surface area contributed by atoms with Crippen molar-refractivity contribution < 1.29 is 9.15 Å². The van der Waals surface area contributed by atoms with Crippen LogP contribution in [0.5, 0.6) is 0 Å². The number of nitrogens with two attached hydrogens (primary N) is 1. The summed E-state index contributed by atoms with van der Waals surface area (Å²) in [4.78, 5) is 0. The second-order valence-electron chi connectivity index (χ2n) is 4.72. The minimum Gasteiger partial charge on any atom is -0.469 e. The van der Waals surface area contributed by atoms with Crippen molar-refractivity contribution in [2.45, 2.75) is 43.9 Å². The van der Waals surface area contributed by atoms with Crippen LogP contribution in [0.15, 0.2) is 22.8 Å². The van der Waals surface area contributed by atoms with E-state index < -0.39 is 0 Å². The lowest BCUT2D eigenvalue weighted by Gasteiger charge is -2.24. The highest BCUT2D eigenvalue weighted by Gasteiger charge is 2.43. The Bertz CT molecular complexity index is 322. The summed E-state index contributed by atoms with van der Waals surface area (Å²) in [5.41, 5.74) is 6.22. The standard InChI is InChI=1S/C12H17NO2/c13-11(7-8-2-1-5-14-8)10-6-9-3-4-12(10)15-9/h1-2,5,9-12H,3-4,6-7,13H2. The molecule has 0 amide bonds. The number of ether oxygens (including phenoxy) is 1. The van der Waals surface area contributed by atoms with E-state index in [2.05, 4.69) is 0 Å². The molecule has 0 saturated carbocycles. The van der Waals surface area contributed by atoms with Crippen LogP contribution in [0, 0.1) is 5.92 Å². The molecule has 2 saturated heterocycles. The van der Waals surface area contributed by atoms with Crippen LogP contribution in [-0.4, -0.2) is 18.2 Å². The van der Waals surface area contributed by atoms with E-state index in [1.165, 1.54) is 12.8 Å². The normalized spacial score (nSPS) is 35.9. The van der Waals surface area contributed by atoms with Crippen LogP contribution in [0.4, 0.5) is 0 Å². The van der Waals surface area contributed by atoms with Gasteiger partial charge in [-0.25, -0.2) is 0 Å². The molecule has 1 aromatic rings. The summed E-state index contributed by atoms with van der Waals surface area (Å²) < 4.78 is 11.1. The zero-order valence-corrected chi connectivity index (χ0v) is 8.76. The van der Waals surface area contributed by atoms with E-state index in [9.17, 15) is 0 Å². The molecule has 3 heterocycles. The van der Waals surface area contributed by atoms with Gasteiger partial charge in [-0.3, -0.25) is 0 Å². The molecule has 3 rings (SSSR count). The Morgan fingerprint density at radius 2 is 2.40 bits per heavy atom. The van der Waals surface area contributed by atoms with Crippen LogP contribution in [0.3, 0.4) is 0 Å². The lowest BCUT2D eigenvalue weighted by molar-refractivity contribution is 0.0882. The van der Waals surface area contributed by atoms with Gasteiger partial charge in [0.05, 0.1) is 18.5 Å². The van der Waals surface area contributed by atoms with E-state index in [0.29, 0.717) is 18.1 Å². The number of furan rings is 1. The van der Waals surface area contributed by atoms with Crippen LogP contribution >= 0.6 is 0 Å². The number of hydrogen-bond acceptors (Lipinski definition) is 3. The Morgan fingerprint density at radius 1 is 1.47 bits per heavy atom. The Kier molecular flexibility index (Phi) is 2.29. The fourth-order valence-corrected chi connectivity index (χ4v) is 2.94. The van der Waals surface area contributed by atoms with Crippen molar-refractivity contribution in [1.29, 1.82) is 0 Å². The van der Waals surface area contributed by atoms with Crippen molar-refractivity contribution >= 4 is 0 Å². The zero-order chi connectivity index (χ0) is 10.3. The smallest absolute Gasteiger partial charge is 0.105 e. The van der Waals surface area contributed by atoms with Crippen molar-refractivity contribution in [2.75, 3.05) is 0 Å². The summed E-state index contributed by atoms with van der Waals surface area (Å²) in [6, 6.07) is 4.10. The summed E-state index contributed by atoms with van der Waals surface area (Å²) in [6.45, 7) is 0. The Labute approximate surface area is 89.6 Å². The van der Waals surface area contributed by atoms with Crippen molar-refractivity contribution in [2.24, 2.45) is 11.7 Å². The second-order valence-corrected chi connectivity index (χ2v) is 4.72. The van der Waals surface area contributed by atoms with Crippen molar-refractivity contribution in [3.63, 3.8) is 0 Å². The fourth-order valence-electron chi connectivity index (χ4n) is 2.94. The van der Waals surface area contributed by atoms with Gasteiger partial charge < -0.3 is 14.9 Å². The maximum atomic E-state index is 6.22. The van der Waals surface area contributed by atoms with Crippen LogP contribution in [0.25, 0.3) is 0 Å². The molecule has 0 aliphatic carbocycles. The molecule has 1 aromatic heterocycles. The molecule has 2 bridgehead atoms. The highest BCUT2D eigenvalue weighted by Crippen LogP contribution is 2.40. The van der Waals surface area contributed by atoms with Crippen molar-refractivity contribution in [3.05, 3.63) is 24.2 Å². The summed E-state index contributed by atoms with van der Waals surface area (Å²) in [6.07, 6.45) is 7.02. The molecule has 0 radical (unpaired) electrons. The zero-order valence-electron chi connectivity index (χ0n) is 8.76. The fraction of sp³-hybridized carbons (Fsp3) is 0.667. The first-order valence-electron chi connectivity index (χ1n) is 5.76. The molecule has 2 aliphatic rings. The molecule has 0 aromatic carbocycles. The van der Waals surface area contributed by atoms with Gasteiger partial charge in [0.2, 0.25) is 0 Å². The van der Waals surface area contributed by atoms with Gasteiger partial charge in [-0.05, 0) is 31.4 Å². The molecule has 82 valence electrons. The first-order chi connectivity index (χ1) is 7.33. The summed E-state index contributed by atoms with van der Waals surface area (Å²) >= 11 is 0. The van der Waals surface area contributed by atoms with Gasteiger partial charge in [0, 0.05) is 18.4 Å². The number of fused-ring (bicyclic) bond motifs is 2. The third-order valence-corrected chi connectivity index (χ3v) is 3.72. The predicted molar refractivity (Wildman–Crippen MR) is 56.4 cm³/mol. The molecule has 4 unspecified atom stereocenters. The number of rotatable bonds is 3. The molecule has 3 nitrogen and oxygen atoms in total. The molecule has 0 spiro atoms. The summed E-state index contributed by atoms with van der Waals surface area (Å²) in [5, 5.41) is 0. The largest absolute Gasteiger partial charge is 0.469 e. The van der Waals surface area contributed by atoms with E-state index in [1.807, 2.05) is 12.1 Å². The van der Waals surface area contributed by atoms with Gasteiger partial charge >= 0.3 is 0 Å². The topological polar surface area (TPSA) is 48.4 Å². The molecule has 2 fully saturated rings. The maximum absolute atomic E-state index is 6.22. The molecule has 3 heteroatoms. The molecule has 4 atom stereocenters. The van der Waals surface area contributed by atoms with Crippen molar-refractivity contribution in [3.8, 4) is 0 Å². The predicted octanol–water partition coefficient (Wildman–Crippen LogP) is 1.72. The number of hydrogen-bond donors (Lipinski definition) is 1. The summed E-state index contributed by atoms with van der Waals surface area (Å²) in [7, 11) is 0. The summed E-state index contributed by atoms with van der Waals surface area (Å²) in [5.74, 6) is 1.53. The van der Waals surface area contributed by atoms with E-state index in [1.54, 1.807) is 6.26 Å². The minimum atomic E-state index is 0.187. The van der Waals surface area contributed by atoms with E-state index >= 15 is 0 Å². The molecule has 15 heavy (non-hydrogen) atoms. The van der Waals surface area contributed by atoms with Crippen LogP contribution in [0.1, 0.15) is 25.0 Å². The average Bonchev–Trinajstić information content (AvgIpc) is 2.93. The van der Waals surface area contributed by atoms with Crippen LogP contribution in [-0.2, 0) is 11.2 Å².